The first-order valence-corrected chi connectivity index (χ1v) is 6.04. The molecule has 1 aliphatic rings. The maximum absolute atomic E-state index is 9.21. The van der Waals surface area contributed by atoms with E-state index in [2.05, 4.69) is 33.8 Å². The largest absolute Gasteiger partial charge is 0.378 e. The van der Waals surface area contributed by atoms with Crippen molar-refractivity contribution < 1.29 is 4.74 Å². The standard InChI is InChI=1S/C14H15N3O/c1-10-16-12-5-11(3-4-13(12)17(10)2)6-14(7-15)8-18-9-14/h3-5H,6,8-9H2,1-2H3. The molecule has 0 aliphatic carbocycles. The first-order valence-electron chi connectivity index (χ1n) is 6.04. The van der Waals surface area contributed by atoms with Crippen LogP contribution in [-0.2, 0) is 18.2 Å². The molecule has 4 heteroatoms. The Morgan fingerprint density at radius 3 is 2.89 bits per heavy atom. The lowest BCUT2D eigenvalue weighted by molar-refractivity contribution is -0.0765. The van der Waals surface area contributed by atoms with Crippen LogP contribution in [0.4, 0.5) is 0 Å². The van der Waals surface area contributed by atoms with Gasteiger partial charge in [0.25, 0.3) is 0 Å². The maximum Gasteiger partial charge on any atom is 0.108 e. The molecular formula is C14H15N3O. The summed E-state index contributed by atoms with van der Waals surface area (Å²) in [6, 6.07) is 8.62. The lowest BCUT2D eigenvalue weighted by atomic mass is 9.81. The van der Waals surface area contributed by atoms with Crippen molar-refractivity contribution in [2.75, 3.05) is 13.2 Å². The highest BCUT2D eigenvalue weighted by Gasteiger charge is 2.39. The first kappa shape index (κ1) is 11.2. The monoisotopic (exact) mass is 241 g/mol. The van der Waals surface area contributed by atoms with E-state index in [1.54, 1.807) is 0 Å². The van der Waals surface area contributed by atoms with E-state index in [0.29, 0.717) is 13.2 Å². The fraction of sp³-hybridized carbons (Fsp3) is 0.429. The lowest BCUT2D eigenvalue weighted by Crippen LogP contribution is -2.43. The number of rotatable bonds is 2. The summed E-state index contributed by atoms with van der Waals surface area (Å²) in [6.07, 6.45) is 0.745. The quantitative estimate of drug-likeness (QED) is 0.807. The van der Waals surface area contributed by atoms with Gasteiger partial charge in [0.05, 0.1) is 30.3 Å². The minimum absolute atomic E-state index is 0.322. The van der Waals surface area contributed by atoms with Crippen molar-refractivity contribution in [2.24, 2.45) is 12.5 Å². The Morgan fingerprint density at radius 2 is 2.28 bits per heavy atom. The summed E-state index contributed by atoms with van der Waals surface area (Å²) < 4.78 is 7.24. The number of nitriles is 1. The van der Waals surface area contributed by atoms with Gasteiger partial charge in [-0.15, -0.1) is 0 Å². The number of ether oxygens (including phenoxy) is 1. The number of aromatic nitrogens is 2. The third-order valence-corrected chi connectivity index (χ3v) is 3.71. The Balaban J connectivity index is 1.97. The zero-order valence-electron chi connectivity index (χ0n) is 10.6. The van der Waals surface area contributed by atoms with E-state index < -0.39 is 0 Å². The molecule has 2 aromatic rings. The maximum atomic E-state index is 9.21. The SMILES string of the molecule is Cc1nc2cc(CC3(C#N)COC3)ccc2n1C. The summed E-state index contributed by atoms with van der Waals surface area (Å²) in [7, 11) is 2.01. The normalized spacial score (nSPS) is 17.4. The van der Waals surface area contributed by atoms with Crippen molar-refractivity contribution in [3.8, 4) is 6.07 Å². The molecule has 18 heavy (non-hydrogen) atoms. The van der Waals surface area contributed by atoms with Crippen LogP contribution in [-0.4, -0.2) is 22.8 Å². The van der Waals surface area contributed by atoms with E-state index in [1.807, 2.05) is 14.0 Å². The van der Waals surface area contributed by atoms with Gasteiger partial charge in [-0.05, 0) is 31.0 Å². The molecule has 1 fully saturated rings. The average Bonchev–Trinajstić information content (AvgIpc) is 2.60. The summed E-state index contributed by atoms with van der Waals surface area (Å²) in [5.41, 5.74) is 2.97. The fourth-order valence-corrected chi connectivity index (χ4v) is 2.42. The fourth-order valence-electron chi connectivity index (χ4n) is 2.42. The zero-order valence-corrected chi connectivity index (χ0v) is 10.6. The highest BCUT2D eigenvalue weighted by atomic mass is 16.5. The lowest BCUT2D eigenvalue weighted by Gasteiger charge is -2.35. The number of imidazole rings is 1. The van der Waals surface area contributed by atoms with Gasteiger partial charge in [0.1, 0.15) is 11.2 Å². The van der Waals surface area contributed by atoms with Crippen LogP contribution in [0.25, 0.3) is 11.0 Å². The molecule has 0 N–H and O–H groups in total. The van der Waals surface area contributed by atoms with Gasteiger partial charge in [-0.2, -0.15) is 5.26 Å². The Labute approximate surface area is 106 Å². The van der Waals surface area contributed by atoms with Crippen LogP contribution in [0.5, 0.6) is 0 Å². The minimum atomic E-state index is -0.322. The Morgan fingerprint density at radius 1 is 1.50 bits per heavy atom. The van der Waals surface area contributed by atoms with Crippen molar-refractivity contribution in [3.05, 3.63) is 29.6 Å². The summed E-state index contributed by atoms with van der Waals surface area (Å²) in [5.74, 6) is 1.00. The average molecular weight is 241 g/mol. The molecule has 0 amide bonds. The molecule has 0 radical (unpaired) electrons. The second kappa shape index (κ2) is 3.82. The van der Waals surface area contributed by atoms with E-state index in [1.165, 1.54) is 0 Å². The Hall–Kier alpha value is -1.86. The van der Waals surface area contributed by atoms with Crippen LogP contribution in [0.2, 0.25) is 0 Å². The van der Waals surface area contributed by atoms with Gasteiger partial charge < -0.3 is 9.30 Å². The molecule has 4 nitrogen and oxygen atoms in total. The van der Waals surface area contributed by atoms with Crippen LogP contribution < -0.4 is 0 Å². The summed E-state index contributed by atoms with van der Waals surface area (Å²) >= 11 is 0. The molecule has 1 aliphatic heterocycles. The Kier molecular flexibility index (Phi) is 2.39. The van der Waals surface area contributed by atoms with E-state index in [9.17, 15) is 5.26 Å². The van der Waals surface area contributed by atoms with E-state index >= 15 is 0 Å². The van der Waals surface area contributed by atoms with E-state index in [-0.39, 0.29) is 5.41 Å². The molecule has 92 valence electrons. The van der Waals surface area contributed by atoms with Gasteiger partial charge in [0.2, 0.25) is 0 Å². The van der Waals surface area contributed by atoms with Crippen LogP contribution >= 0.6 is 0 Å². The number of hydrogen-bond acceptors (Lipinski definition) is 3. The number of benzene rings is 1. The molecule has 0 atom stereocenters. The predicted molar refractivity (Wildman–Crippen MR) is 68.0 cm³/mol. The number of aryl methyl sites for hydroxylation is 2. The van der Waals surface area contributed by atoms with E-state index in [4.69, 9.17) is 4.74 Å². The van der Waals surface area contributed by atoms with Gasteiger partial charge in [0, 0.05) is 7.05 Å². The molecule has 0 unspecified atom stereocenters. The third-order valence-electron chi connectivity index (χ3n) is 3.71. The highest BCUT2D eigenvalue weighted by Crippen LogP contribution is 2.31. The number of nitrogens with zero attached hydrogens (tertiary/aromatic N) is 3. The summed E-state index contributed by atoms with van der Waals surface area (Å²) in [5, 5.41) is 9.21. The topological polar surface area (TPSA) is 50.8 Å². The zero-order chi connectivity index (χ0) is 12.8. The second-order valence-corrected chi connectivity index (χ2v) is 5.10. The van der Waals surface area contributed by atoms with Gasteiger partial charge >= 0.3 is 0 Å². The van der Waals surface area contributed by atoms with Crippen LogP contribution in [0.3, 0.4) is 0 Å². The molecule has 2 heterocycles. The molecule has 0 bridgehead atoms. The summed E-state index contributed by atoms with van der Waals surface area (Å²) in [6.45, 7) is 3.09. The predicted octanol–water partition coefficient (Wildman–Crippen LogP) is 1.96. The van der Waals surface area contributed by atoms with Crippen molar-refractivity contribution in [1.82, 2.24) is 9.55 Å². The van der Waals surface area contributed by atoms with Crippen molar-refractivity contribution in [3.63, 3.8) is 0 Å². The molecule has 3 rings (SSSR count). The van der Waals surface area contributed by atoms with Gasteiger partial charge in [-0.25, -0.2) is 4.98 Å². The minimum Gasteiger partial charge on any atom is -0.378 e. The third kappa shape index (κ3) is 1.59. The van der Waals surface area contributed by atoms with Crippen molar-refractivity contribution in [1.29, 1.82) is 5.26 Å². The first-order chi connectivity index (χ1) is 8.63. The second-order valence-electron chi connectivity index (χ2n) is 5.10. The highest BCUT2D eigenvalue weighted by molar-refractivity contribution is 5.76. The Bertz CT molecular complexity index is 647. The van der Waals surface area contributed by atoms with Crippen LogP contribution in [0, 0.1) is 23.7 Å². The molecule has 1 aromatic carbocycles. The summed E-state index contributed by atoms with van der Waals surface area (Å²) in [4.78, 5) is 4.52. The van der Waals surface area contributed by atoms with Crippen molar-refractivity contribution >= 4 is 11.0 Å². The van der Waals surface area contributed by atoms with Crippen molar-refractivity contribution in [2.45, 2.75) is 13.3 Å². The van der Waals surface area contributed by atoms with Crippen LogP contribution in [0.1, 0.15) is 11.4 Å². The van der Waals surface area contributed by atoms with Gasteiger partial charge in [-0.1, -0.05) is 6.07 Å². The number of fused-ring (bicyclic) bond motifs is 1. The molecule has 1 saturated heterocycles. The smallest absolute Gasteiger partial charge is 0.108 e. The van der Waals surface area contributed by atoms with E-state index in [0.717, 1.165) is 28.8 Å². The van der Waals surface area contributed by atoms with Crippen LogP contribution in [0.15, 0.2) is 18.2 Å². The molecule has 0 saturated carbocycles. The molecule has 1 aromatic heterocycles. The van der Waals surface area contributed by atoms with Gasteiger partial charge in [-0.3, -0.25) is 0 Å². The number of hydrogen-bond donors (Lipinski definition) is 0. The molecule has 0 spiro atoms. The van der Waals surface area contributed by atoms with Gasteiger partial charge in [0.15, 0.2) is 0 Å². The molecular weight excluding hydrogens is 226 g/mol.